The summed E-state index contributed by atoms with van der Waals surface area (Å²) in [6.07, 6.45) is 6.13. The van der Waals surface area contributed by atoms with Crippen molar-refractivity contribution in [1.29, 1.82) is 0 Å². The SMILES string of the molecule is CC(O)CC1CCCN1CC1CCCNC1.Cl. The fourth-order valence-corrected chi connectivity index (χ4v) is 3.21. The zero-order valence-corrected chi connectivity index (χ0v) is 11.7. The van der Waals surface area contributed by atoms with Gasteiger partial charge in [0.25, 0.3) is 0 Å². The van der Waals surface area contributed by atoms with Crippen molar-refractivity contribution in [2.24, 2.45) is 5.92 Å². The number of hydrogen-bond acceptors (Lipinski definition) is 3. The highest BCUT2D eigenvalue weighted by Crippen LogP contribution is 2.24. The van der Waals surface area contributed by atoms with Gasteiger partial charge in [0.05, 0.1) is 6.10 Å². The van der Waals surface area contributed by atoms with Gasteiger partial charge in [0.1, 0.15) is 0 Å². The number of aliphatic hydroxyl groups is 1. The number of nitrogens with zero attached hydrogens (tertiary/aromatic N) is 1. The van der Waals surface area contributed by atoms with Crippen LogP contribution in [-0.4, -0.2) is 48.3 Å². The lowest BCUT2D eigenvalue weighted by Crippen LogP contribution is -2.41. The first kappa shape index (κ1) is 15.2. The van der Waals surface area contributed by atoms with E-state index in [-0.39, 0.29) is 18.5 Å². The van der Waals surface area contributed by atoms with Gasteiger partial charge >= 0.3 is 0 Å². The second-order valence-corrected chi connectivity index (χ2v) is 5.59. The van der Waals surface area contributed by atoms with Crippen molar-refractivity contribution < 1.29 is 5.11 Å². The molecule has 3 nitrogen and oxygen atoms in total. The first-order chi connectivity index (χ1) is 7.75. The summed E-state index contributed by atoms with van der Waals surface area (Å²) in [5, 5.41) is 13.0. The Hall–Kier alpha value is 0.170. The first-order valence-electron chi connectivity index (χ1n) is 6.88. The molecule has 2 aliphatic rings. The topological polar surface area (TPSA) is 35.5 Å². The van der Waals surface area contributed by atoms with Crippen molar-refractivity contribution in [3.8, 4) is 0 Å². The minimum absolute atomic E-state index is 0. The number of rotatable bonds is 4. The maximum atomic E-state index is 9.50. The lowest BCUT2D eigenvalue weighted by molar-refractivity contribution is 0.121. The molecule has 3 unspecified atom stereocenters. The van der Waals surface area contributed by atoms with Crippen LogP contribution in [0.15, 0.2) is 0 Å². The summed E-state index contributed by atoms with van der Waals surface area (Å²) in [6.45, 7) is 6.79. The van der Waals surface area contributed by atoms with E-state index in [1.807, 2.05) is 6.92 Å². The zero-order valence-electron chi connectivity index (χ0n) is 10.9. The van der Waals surface area contributed by atoms with Crippen molar-refractivity contribution in [2.75, 3.05) is 26.2 Å². The molecule has 4 heteroatoms. The Labute approximate surface area is 111 Å². The molecule has 2 saturated heterocycles. The first-order valence-corrected chi connectivity index (χ1v) is 6.88. The van der Waals surface area contributed by atoms with Crippen molar-refractivity contribution in [1.82, 2.24) is 10.2 Å². The molecule has 0 radical (unpaired) electrons. The van der Waals surface area contributed by atoms with Crippen molar-refractivity contribution in [3.63, 3.8) is 0 Å². The molecule has 0 aromatic heterocycles. The summed E-state index contributed by atoms with van der Waals surface area (Å²) >= 11 is 0. The van der Waals surface area contributed by atoms with E-state index in [0.717, 1.165) is 12.3 Å². The molecule has 17 heavy (non-hydrogen) atoms. The van der Waals surface area contributed by atoms with Crippen LogP contribution in [0.3, 0.4) is 0 Å². The Balaban J connectivity index is 0.00000144. The maximum Gasteiger partial charge on any atom is 0.0527 e. The molecule has 0 aromatic rings. The van der Waals surface area contributed by atoms with Crippen LogP contribution in [0.25, 0.3) is 0 Å². The predicted molar refractivity (Wildman–Crippen MR) is 73.7 cm³/mol. The molecule has 2 N–H and O–H groups in total. The second kappa shape index (κ2) is 7.57. The van der Waals surface area contributed by atoms with Gasteiger partial charge in [0, 0.05) is 12.6 Å². The highest BCUT2D eigenvalue weighted by Gasteiger charge is 2.27. The Kier molecular flexibility index (Phi) is 6.78. The number of likely N-dealkylation sites (tertiary alicyclic amines) is 1. The Morgan fingerprint density at radius 2 is 2.18 bits per heavy atom. The monoisotopic (exact) mass is 262 g/mol. The van der Waals surface area contributed by atoms with Gasteiger partial charge in [-0.2, -0.15) is 0 Å². The van der Waals surface area contributed by atoms with Crippen molar-refractivity contribution in [2.45, 2.75) is 51.2 Å². The average Bonchev–Trinajstić information content (AvgIpc) is 2.66. The van der Waals surface area contributed by atoms with Gasteiger partial charge in [-0.1, -0.05) is 0 Å². The minimum Gasteiger partial charge on any atom is -0.393 e. The summed E-state index contributed by atoms with van der Waals surface area (Å²) in [4.78, 5) is 2.62. The lowest BCUT2D eigenvalue weighted by atomic mass is 9.98. The van der Waals surface area contributed by atoms with Crippen LogP contribution < -0.4 is 5.32 Å². The number of aliphatic hydroxyl groups excluding tert-OH is 1. The van der Waals surface area contributed by atoms with E-state index in [1.54, 1.807) is 0 Å². The van der Waals surface area contributed by atoms with E-state index in [2.05, 4.69) is 10.2 Å². The molecular formula is C13H27ClN2O. The third-order valence-corrected chi connectivity index (χ3v) is 4.00. The number of nitrogens with one attached hydrogen (secondary N) is 1. The quantitative estimate of drug-likeness (QED) is 0.809. The Morgan fingerprint density at radius 3 is 2.82 bits per heavy atom. The van der Waals surface area contributed by atoms with E-state index < -0.39 is 0 Å². The molecular weight excluding hydrogens is 236 g/mol. The van der Waals surface area contributed by atoms with Gasteiger partial charge < -0.3 is 10.4 Å². The van der Waals surface area contributed by atoms with Gasteiger partial charge in [-0.15, -0.1) is 12.4 Å². The molecule has 0 bridgehead atoms. The highest BCUT2D eigenvalue weighted by atomic mass is 35.5. The second-order valence-electron chi connectivity index (χ2n) is 5.59. The molecule has 0 aromatic carbocycles. The van der Waals surface area contributed by atoms with E-state index in [4.69, 9.17) is 0 Å². The molecule has 0 saturated carbocycles. The lowest BCUT2D eigenvalue weighted by Gasteiger charge is -2.31. The van der Waals surface area contributed by atoms with Gasteiger partial charge in [-0.3, -0.25) is 4.90 Å². The van der Waals surface area contributed by atoms with Crippen LogP contribution >= 0.6 is 12.4 Å². The summed E-state index contributed by atoms with van der Waals surface area (Å²) in [7, 11) is 0. The molecule has 0 spiro atoms. The van der Waals surface area contributed by atoms with Crippen LogP contribution in [0.1, 0.15) is 39.0 Å². The summed E-state index contributed by atoms with van der Waals surface area (Å²) in [5.74, 6) is 0.836. The summed E-state index contributed by atoms with van der Waals surface area (Å²) in [5.41, 5.74) is 0. The highest BCUT2D eigenvalue weighted by molar-refractivity contribution is 5.85. The molecule has 102 valence electrons. The van der Waals surface area contributed by atoms with Crippen molar-refractivity contribution in [3.05, 3.63) is 0 Å². The average molecular weight is 263 g/mol. The van der Waals surface area contributed by atoms with Crippen LogP contribution in [0.5, 0.6) is 0 Å². The van der Waals surface area contributed by atoms with Crippen LogP contribution in [0.4, 0.5) is 0 Å². The zero-order chi connectivity index (χ0) is 11.4. The predicted octanol–water partition coefficient (Wildman–Crippen LogP) is 1.64. The molecule has 0 aliphatic carbocycles. The van der Waals surface area contributed by atoms with Gasteiger partial charge in [0.2, 0.25) is 0 Å². The largest absolute Gasteiger partial charge is 0.393 e. The summed E-state index contributed by atoms with van der Waals surface area (Å²) in [6, 6.07) is 0.641. The molecule has 2 heterocycles. The minimum atomic E-state index is -0.143. The number of halogens is 1. The Bertz CT molecular complexity index is 208. The van der Waals surface area contributed by atoms with E-state index in [9.17, 15) is 5.11 Å². The molecule has 2 fully saturated rings. The van der Waals surface area contributed by atoms with Gasteiger partial charge in [-0.05, 0) is 64.6 Å². The molecule has 0 amide bonds. The standard InChI is InChI=1S/C13H26N2O.ClH/c1-11(16)8-13-5-3-7-15(13)10-12-4-2-6-14-9-12;/h11-14,16H,2-10H2,1H3;1H. The molecule has 3 atom stereocenters. The van der Waals surface area contributed by atoms with E-state index in [0.29, 0.717) is 6.04 Å². The fourth-order valence-electron chi connectivity index (χ4n) is 3.21. The maximum absolute atomic E-state index is 9.50. The fraction of sp³-hybridized carbons (Fsp3) is 1.00. The molecule has 2 aliphatic heterocycles. The molecule has 2 rings (SSSR count). The summed E-state index contributed by atoms with van der Waals surface area (Å²) < 4.78 is 0. The van der Waals surface area contributed by atoms with Gasteiger partial charge in [-0.25, -0.2) is 0 Å². The van der Waals surface area contributed by atoms with Crippen LogP contribution in [-0.2, 0) is 0 Å². The van der Waals surface area contributed by atoms with Crippen LogP contribution in [0.2, 0.25) is 0 Å². The Morgan fingerprint density at radius 1 is 1.35 bits per heavy atom. The van der Waals surface area contributed by atoms with Gasteiger partial charge in [0.15, 0.2) is 0 Å². The van der Waals surface area contributed by atoms with E-state index >= 15 is 0 Å². The number of piperidine rings is 1. The third-order valence-electron chi connectivity index (χ3n) is 4.00. The third kappa shape index (κ3) is 4.74. The number of hydrogen-bond donors (Lipinski definition) is 2. The van der Waals surface area contributed by atoms with Crippen molar-refractivity contribution >= 4 is 12.4 Å². The normalized spacial score (nSPS) is 32.1. The smallest absolute Gasteiger partial charge is 0.0527 e. The van der Waals surface area contributed by atoms with Crippen LogP contribution in [0, 0.1) is 5.92 Å². The van der Waals surface area contributed by atoms with E-state index in [1.165, 1.54) is 51.9 Å².